The zero-order chi connectivity index (χ0) is 22.3. The molecule has 1 fully saturated rings. The van der Waals surface area contributed by atoms with Gasteiger partial charge in [-0.25, -0.2) is 8.42 Å². The Labute approximate surface area is 189 Å². The summed E-state index contributed by atoms with van der Waals surface area (Å²) in [4.78, 5) is 15.1. The maximum absolute atomic E-state index is 13.3. The van der Waals surface area contributed by atoms with Crippen molar-refractivity contribution in [2.75, 3.05) is 19.7 Å². The number of nitrogens with zero attached hydrogens (tertiary/aromatic N) is 1. The van der Waals surface area contributed by atoms with E-state index in [0.717, 1.165) is 31.2 Å². The number of hydrogen-bond donors (Lipinski definition) is 1. The van der Waals surface area contributed by atoms with Gasteiger partial charge in [0.25, 0.3) is 0 Å². The van der Waals surface area contributed by atoms with E-state index >= 15 is 0 Å². The fraction of sp³-hybridized carbons (Fsp3) is 0.435. The van der Waals surface area contributed by atoms with Gasteiger partial charge in [-0.2, -0.15) is 4.72 Å². The van der Waals surface area contributed by atoms with Crippen molar-refractivity contribution in [3.63, 3.8) is 0 Å². The first-order chi connectivity index (χ1) is 14.9. The minimum Gasteiger partial charge on any atom is -0.492 e. The van der Waals surface area contributed by atoms with Crippen LogP contribution in [0.3, 0.4) is 0 Å². The molecule has 3 rings (SSSR count). The summed E-state index contributed by atoms with van der Waals surface area (Å²) in [6, 6.07) is 12.9. The third-order valence-corrected chi connectivity index (χ3v) is 7.07. The smallest absolute Gasteiger partial charge is 0.241 e. The number of ether oxygens (including phenoxy) is 1. The van der Waals surface area contributed by atoms with Crippen LogP contribution >= 0.6 is 11.6 Å². The van der Waals surface area contributed by atoms with E-state index in [-0.39, 0.29) is 22.2 Å². The van der Waals surface area contributed by atoms with Crippen LogP contribution < -0.4 is 9.46 Å². The number of carbonyl (C=O) groups excluding carboxylic acids is 1. The van der Waals surface area contributed by atoms with E-state index in [1.54, 1.807) is 4.90 Å². The lowest BCUT2D eigenvalue weighted by Crippen LogP contribution is -2.49. The minimum absolute atomic E-state index is 0.00248. The number of hydrogen-bond acceptors (Lipinski definition) is 4. The quantitative estimate of drug-likeness (QED) is 0.639. The number of sulfonamides is 1. The minimum atomic E-state index is -3.96. The molecule has 2 aromatic rings. The molecule has 2 aromatic carbocycles. The highest BCUT2D eigenvalue weighted by molar-refractivity contribution is 7.89. The lowest BCUT2D eigenvalue weighted by Gasteiger charge is -2.27. The van der Waals surface area contributed by atoms with Crippen molar-refractivity contribution in [3.8, 4) is 5.75 Å². The van der Waals surface area contributed by atoms with Crippen molar-refractivity contribution >= 4 is 27.5 Å². The summed E-state index contributed by atoms with van der Waals surface area (Å²) in [6.07, 6.45) is 4.32. The largest absolute Gasteiger partial charge is 0.492 e. The zero-order valence-electron chi connectivity index (χ0n) is 17.7. The van der Waals surface area contributed by atoms with Gasteiger partial charge in [0.1, 0.15) is 11.8 Å². The maximum atomic E-state index is 13.3. The molecular weight excluding hydrogens is 436 g/mol. The summed E-state index contributed by atoms with van der Waals surface area (Å²) in [5.41, 5.74) is 0.892. The molecule has 1 aliphatic rings. The Hall–Kier alpha value is -2.09. The molecule has 0 saturated carbocycles. The van der Waals surface area contributed by atoms with Crippen molar-refractivity contribution in [1.29, 1.82) is 0 Å². The Kier molecular flexibility index (Phi) is 8.35. The number of carbonyl (C=O) groups is 1. The highest BCUT2D eigenvalue weighted by atomic mass is 35.5. The van der Waals surface area contributed by atoms with Gasteiger partial charge >= 0.3 is 0 Å². The number of likely N-dealkylation sites (tertiary alicyclic amines) is 1. The van der Waals surface area contributed by atoms with E-state index in [0.29, 0.717) is 25.4 Å². The summed E-state index contributed by atoms with van der Waals surface area (Å²) < 4.78 is 34.3. The maximum Gasteiger partial charge on any atom is 0.241 e. The Bertz CT molecular complexity index is 974. The first-order valence-corrected chi connectivity index (χ1v) is 12.5. The van der Waals surface area contributed by atoms with Gasteiger partial charge in [0.2, 0.25) is 15.9 Å². The van der Waals surface area contributed by atoms with Crippen LogP contribution in [-0.2, 0) is 21.2 Å². The molecule has 0 aromatic heterocycles. The molecule has 8 heteroatoms. The van der Waals surface area contributed by atoms with Gasteiger partial charge in [0.05, 0.1) is 16.5 Å². The van der Waals surface area contributed by atoms with E-state index < -0.39 is 16.1 Å². The second kappa shape index (κ2) is 11.0. The Morgan fingerprint density at radius 3 is 2.39 bits per heavy atom. The molecule has 0 radical (unpaired) electrons. The average molecular weight is 465 g/mol. The van der Waals surface area contributed by atoms with Crippen LogP contribution in [0.5, 0.6) is 5.75 Å². The van der Waals surface area contributed by atoms with Crippen molar-refractivity contribution in [3.05, 3.63) is 59.1 Å². The Morgan fingerprint density at radius 2 is 1.77 bits per heavy atom. The monoisotopic (exact) mass is 464 g/mol. The standard InChI is InChI=1S/C23H29ClN2O4S/c1-2-30-22-13-12-19(17-20(22)24)31(28,29)25-21(16-18-10-6-5-7-11-18)23(27)26-14-8-3-4-9-15-26/h5-7,10-13,17,21,25H,2-4,8-9,14-16H2,1H3. The van der Waals surface area contributed by atoms with Gasteiger partial charge in [0, 0.05) is 13.1 Å². The fourth-order valence-corrected chi connectivity index (χ4v) is 5.23. The number of nitrogens with one attached hydrogen (secondary N) is 1. The lowest BCUT2D eigenvalue weighted by molar-refractivity contribution is -0.132. The van der Waals surface area contributed by atoms with Crippen LogP contribution in [0, 0.1) is 0 Å². The third kappa shape index (κ3) is 6.45. The van der Waals surface area contributed by atoms with E-state index in [2.05, 4.69) is 4.72 Å². The Balaban J connectivity index is 1.85. The molecule has 0 bridgehead atoms. The van der Waals surface area contributed by atoms with Gasteiger partial charge in [-0.1, -0.05) is 54.8 Å². The first-order valence-electron chi connectivity index (χ1n) is 10.7. The molecule has 1 heterocycles. The van der Waals surface area contributed by atoms with Crippen molar-refractivity contribution in [1.82, 2.24) is 9.62 Å². The third-order valence-electron chi connectivity index (χ3n) is 5.31. The average Bonchev–Trinajstić information content (AvgIpc) is 3.04. The summed E-state index contributed by atoms with van der Waals surface area (Å²) in [5, 5.41) is 0.211. The molecular formula is C23H29ClN2O4S. The molecule has 0 spiro atoms. The van der Waals surface area contributed by atoms with E-state index in [4.69, 9.17) is 16.3 Å². The van der Waals surface area contributed by atoms with E-state index in [1.807, 2.05) is 37.3 Å². The number of halogens is 1. The van der Waals surface area contributed by atoms with Crippen molar-refractivity contribution in [2.24, 2.45) is 0 Å². The van der Waals surface area contributed by atoms with Crippen LogP contribution in [0.25, 0.3) is 0 Å². The molecule has 0 aliphatic carbocycles. The number of amides is 1. The van der Waals surface area contributed by atoms with Crippen LogP contribution in [0.2, 0.25) is 5.02 Å². The first kappa shape index (κ1) is 23.6. The molecule has 1 unspecified atom stereocenters. The number of rotatable bonds is 8. The van der Waals surface area contributed by atoms with Crippen molar-refractivity contribution in [2.45, 2.75) is 50.0 Å². The van der Waals surface area contributed by atoms with Gasteiger partial charge in [0.15, 0.2) is 0 Å². The van der Waals surface area contributed by atoms with Gasteiger partial charge in [-0.05, 0) is 49.9 Å². The second-order valence-electron chi connectivity index (χ2n) is 7.63. The predicted molar refractivity (Wildman–Crippen MR) is 122 cm³/mol. The molecule has 1 aliphatic heterocycles. The van der Waals surface area contributed by atoms with E-state index in [9.17, 15) is 13.2 Å². The molecule has 1 N–H and O–H groups in total. The molecule has 31 heavy (non-hydrogen) atoms. The normalized spacial score (nSPS) is 15.9. The molecule has 6 nitrogen and oxygen atoms in total. The predicted octanol–water partition coefficient (Wildman–Crippen LogP) is 4.03. The topological polar surface area (TPSA) is 75.7 Å². The lowest BCUT2D eigenvalue weighted by atomic mass is 10.1. The summed E-state index contributed by atoms with van der Waals surface area (Å²) >= 11 is 6.19. The van der Waals surface area contributed by atoms with Gasteiger partial charge in [-0.15, -0.1) is 0 Å². The molecule has 168 valence electrons. The molecule has 1 amide bonds. The van der Waals surface area contributed by atoms with E-state index in [1.165, 1.54) is 18.2 Å². The molecule has 1 saturated heterocycles. The van der Waals surface area contributed by atoms with Gasteiger partial charge < -0.3 is 9.64 Å². The highest BCUT2D eigenvalue weighted by Gasteiger charge is 2.30. The molecule has 1 atom stereocenters. The second-order valence-corrected chi connectivity index (χ2v) is 9.75. The van der Waals surface area contributed by atoms with Gasteiger partial charge in [-0.3, -0.25) is 4.79 Å². The van der Waals surface area contributed by atoms with Crippen molar-refractivity contribution < 1.29 is 17.9 Å². The number of benzene rings is 2. The summed E-state index contributed by atoms with van der Waals surface area (Å²) in [7, 11) is -3.96. The van der Waals surface area contributed by atoms with Crippen LogP contribution in [0.15, 0.2) is 53.4 Å². The Morgan fingerprint density at radius 1 is 1.10 bits per heavy atom. The van der Waals surface area contributed by atoms with Crippen LogP contribution in [-0.4, -0.2) is 45.0 Å². The van der Waals surface area contributed by atoms with Crippen LogP contribution in [0.4, 0.5) is 0 Å². The summed E-state index contributed by atoms with van der Waals surface area (Å²) in [6.45, 7) is 3.56. The SMILES string of the molecule is CCOc1ccc(S(=O)(=O)NC(Cc2ccccc2)C(=O)N2CCCCCC2)cc1Cl. The van der Waals surface area contributed by atoms with Crippen LogP contribution in [0.1, 0.15) is 38.2 Å². The highest BCUT2D eigenvalue weighted by Crippen LogP contribution is 2.27. The summed E-state index contributed by atoms with van der Waals surface area (Å²) in [5.74, 6) is 0.232. The zero-order valence-corrected chi connectivity index (χ0v) is 19.3. The fourth-order valence-electron chi connectivity index (χ4n) is 3.72.